The number of carbonyl (C=O) groups is 1. The van der Waals surface area contributed by atoms with Crippen molar-refractivity contribution in [3.63, 3.8) is 0 Å². The first-order valence-corrected chi connectivity index (χ1v) is 12.8. The number of methoxy groups -OCH3 is 1. The molecule has 0 bridgehead atoms. The molecule has 0 aliphatic carbocycles. The zero-order chi connectivity index (χ0) is 23.9. The van der Waals surface area contributed by atoms with Gasteiger partial charge in [0.1, 0.15) is 17.9 Å². The molecule has 34 heavy (non-hydrogen) atoms. The van der Waals surface area contributed by atoms with Crippen LogP contribution in [0.1, 0.15) is 31.4 Å². The maximum absolute atomic E-state index is 12.5. The molecule has 2 fully saturated rings. The Balaban J connectivity index is 1.21. The molecule has 0 amide bonds. The number of pyridine rings is 1. The SMILES string of the molecule is COC(=O)C(Cc1ccccn1)N1CCC(CN2CCC(Oc3ccc(Cl)c(Cl)c3)CC2)CC1. The maximum Gasteiger partial charge on any atom is 0.323 e. The summed E-state index contributed by atoms with van der Waals surface area (Å²) in [6.07, 6.45) is 6.77. The molecule has 2 aliphatic rings. The van der Waals surface area contributed by atoms with Gasteiger partial charge in [0.25, 0.3) is 0 Å². The van der Waals surface area contributed by atoms with Crippen LogP contribution in [0.2, 0.25) is 10.0 Å². The van der Waals surface area contributed by atoms with Crippen molar-refractivity contribution in [3.05, 3.63) is 58.3 Å². The second kappa shape index (κ2) is 12.2. The fourth-order valence-electron chi connectivity index (χ4n) is 4.98. The minimum Gasteiger partial charge on any atom is -0.490 e. The molecule has 184 valence electrons. The topological polar surface area (TPSA) is 54.9 Å². The molecule has 3 heterocycles. The quantitative estimate of drug-likeness (QED) is 0.483. The van der Waals surface area contributed by atoms with Crippen molar-refractivity contribution in [3.8, 4) is 5.75 Å². The highest BCUT2D eigenvalue weighted by Gasteiger charge is 2.32. The predicted octanol–water partition coefficient (Wildman–Crippen LogP) is 4.73. The zero-order valence-corrected chi connectivity index (χ0v) is 21.2. The minimum atomic E-state index is -0.268. The third-order valence-corrected chi connectivity index (χ3v) is 7.68. The van der Waals surface area contributed by atoms with E-state index in [4.69, 9.17) is 32.7 Å². The molecular formula is C26H33Cl2N3O3. The largest absolute Gasteiger partial charge is 0.490 e. The lowest BCUT2D eigenvalue weighted by atomic mass is 9.93. The van der Waals surface area contributed by atoms with Crippen LogP contribution in [0.4, 0.5) is 0 Å². The monoisotopic (exact) mass is 505 g/mol. The van der Waals surface area contributed by atoms with Crippen LogP contribution in [0.15, 0.2) is 42.6 Å². The Labute approximate surface area is 212 Å². The number of halogens is 2. The summed E-state index contributed by atoms with van der Waals surface area (Å²) in [7, 11) is 1.47. The van der Waals surface area contributed by atoms with Crippen molar-refractivity contribution < 1.29 is 14.3 Å². The lowest BCUT2D eigenvalue weighted by Crippen LogP contribution is -2.49. The number of carbonyl (C=O) groups excluding carboxylic acids is 1. The van der Waals surface area contributed by atoms with Crippen LogP contribution in [0.25, 0.3) is 0 Å². The highest BCUT2D eigenvalue weighted by Crippen LogP contribution is 2.29. The minimum absolute atomic E-state index is 0.173. The molecular weight excluding hydrogens is 473 g/mol. The van der Waals surface area contributed by atoms with E-state index in [9.17, 15) is 4.79 Å². The molecule has 1 unspecified atom stereocenters. The van der Waals surface area contributed by atoms with E-state index in [0.29, 0.717) is 22.4 Å². The Hall–Kier alpha value is -1.86. The van der Waals surface area contributed by atoms with E-state index in [-0.39, 0.29) is 18.1 Å². The van der Waals surface area contributed by atoms with Gasteiger partial charge in [0.05, 0.1) is 17.2 Å². The highest BCUT2D eigenvalue weighted by molar-refractivity contribution is 6.42. The standard InChI is InChI=1S/C26H33Cl2N3O3/c1-33-26(32)25(16-20-4-2-3-11-29-20)31-14-7-19(8-15-31)18-30-12-9-21(10-13-30)34-22-5-6-23(27)24(28)17-22/h2-6,11,17,19,21,25H,7-10,12-16,18H2,1H3. The van der Waals surface area contributed by atoms with Gasteiger partial charge in [-0.05, 0) is 69.0 Å². The van der Waals surface area contributed by atoms with Crippen molar-refractivity contribution in [2.24, 2.45) is 5.92 Å². The Morgan fingerprint density at radius 3 is 2.47 bits per heavy atom. The van der Waals surface area contributed by atoms with Gasteiger partial charge in [0, 0.05) is 44.0 Å². The van der Waals surface area contributed by atoms with Crippen LogP contribution >= 0.6 is 23.2 Å². The van der Waals surface area contributed by atoms with E-state index >= 15 is 0 Å². The van der Waals surface area contributed by atoms with E-state index in [1.807, 2.05) is 24.3 Å². The smallest absolute Gasteiger partial charge is 0.323 e. The maximum atomic E-state index is 12.5. The van der Waals surface area contributed by atoms with Crippen LogP contribution in [-0.2, 0) is 16.0 Å². The molecule has 0 saturated carbocycles. The molecule has 2 saturated heterocycles. The summed E-state index contributed by atoms with van der Waals surface area (Å²) in [4.78, 5) is 21.7. The number of aromatic nitrogens is 1. The average Bonchev–Trinajstić information content (AvgIpc) is 2.87. The van der Waals surface area contributed by atoms with Crippen molar-refractivity contribution in [2.45, 2.75) is 44.2 Å². The Morgan fingerprint density at radius 1 is 1.06 bits per heavy atom. The average molecular weight is 506 g/mol. The van der Waals surface area contributed by atoms with Crippen molar-refractivity contribution in [2.75, 3.05) is 39.8 Å². The first-order chi connectivity index (χ1) is 16.5. The van der Waals surface area contributed by atoms with Gasteiger partial charge < -0.3 is 14.4 Å². The van der Waals surface area contributed by atoms with E-state index in [1.54, 1.807) is 18.3 Å². The van der Waals surface area contributed by atoms with Gasteiger partial charge >= 0.3 is 5.97 Å². The molecule has 1 atom stereocenters. The van der Waals surface area contributed by atoms with E-state index < -0.39 is 0 Å². The van der Waals surface area contributed by atoms with Crippen molar-refractivity contribution >= 4 is 29.2 Å². The molecule has 4 rings (SSSR count). The van der Waals surface area contributed by atoms with Crippen molar-refractivity contribution in [1.29, 1.82) is 0 Å². The number of rotatable bonds is 8. The Kier molecular flexibility index (Phi) is 9.06. The number of hydrogen-bond acceptors (Lipinski definition) is 6. The first kappa shape index (κ1) is 25.2. The second-order valence-corrected chi connectivity index (χ2v) is 10.1. The molecule has 1 aromatic heterocycles. The van der Waals surface area contributed by atoms with Gasteiger partial charge in [0.15, 0.2) is 0 Å². The van der Waals surface area contributed by atoms with E-state index in [2.05, 4.69) is 14.8 Å². The van der Waals surface area contributed by atoms with Gasteiger partial charge in [-0.25, -0.2) is 0 Å². The summed E-state index contributed by atoms with van der Waals surface area (Å²) in [5, 5.41) is 1.07. The predicted molar refractivity (Wildman–Crippen MR) is 135 cm³/mol. The number of nitrogens with zero attached hydrogens (tertiary/aromatic N) is 3. The summed E-state index contributed by atoms with van der Waals surface area (Å²) in [5.74, 6) is 1.26. The number of piperidine rings is 2. The third-order valence-electron chi connectivity index (χ3n) is 6.94. The molecule has 0 radical (unpaired) electrons. The van der Waals surface area contributed by atoms with Gasteiger partial charge in [-0.2, -0.15) is 0 Å². The molecule has 1 aromatic carbocycles. The molecule has 0 spiro atoms. The fraction of sp³-hybridized carbons (Fsp3) is 0.538. The zero-order valence-electron chi connectivity index (χ0n) is 19.7. The van der Waals surface area contributed by atoms with Gasteiger partial charge in [-0.15, -0.1) is 0 Å². The highest BCUT2D eigenvalue weighted by atomic mass is 35.5. The van der Waals surface area contributed by atoms with Crippen LogP contribution in [0, 0.1) is 5.92 Å². The molecule has 6 nitrogen and oxygen atoms in total. The summed E-state index contributed by atoms with van der Waals surface area (Å²) < 4.78 is 11.2. The number of benzene rings is 1. The summed E-state index contributed by atoms with van der Waals surface area (Å²) >= 11 is 12.1. The van der Waals surface area contributed by atoms with Gasteiger partial charge in [-0.1, -0.05) is 29.3 Å². The Morgan fingerprint density at radius 2 is 1.82 bits per heavy atom. The second-order valence-electron chi connectivity index (χ2n) is 9.24. The Bertz CT molecular complexity index is 930. The van der Waals surface area contributed by atoms with E-state index in [0.717, 1.165) is 69.9 Å². The lowest BCUT2D eigenvalue weighted by Gasteiger charge is -2.39. The van der Waals surface area contributed by atoms with Crippen LogP contribution < -0.4 is 4.74 Å². The molecule has 2 aliphatic heterocycles. The normalized spacial score (nSPS) is 19.6. The van der Waals surface area contributed by atoms with Crippen LogP contribution in [0.3, 0.4) is 0 Å². The van der Waals surface area contributed by atoms with Crippen LogP contribution in [-0.4, -0.2) is 72.7 Å². The number of ether oxygens (including phenoxy) is 2. The first-order valence-electron chi connectivity index (χ1n) is 12.1. The van der Waals surface area contributed by atoms with Gasteiger partial charge in [0.2, 0.25) is 0 Å². The molecule has 2 aromatic rings. The fourth-order valence-corrected chi connectivity index (χ4v) is 5.27. The summed E-state index contributed by atoms with van der Waals surface area (Å²) in [5.41, 5.74) is 0.922. The number of esters is 1. The molecule has 8 heteroatoms. The van der Waals surface area contributed by atoms with Gasteiger partial charge in [-0.3, -0.25) is 14.7 Å². The number of likely N-dealkylation sites (tertiary alicyclic amines) is 2. The molecule has 0 N–H and O–H groups in total. The summed E-state index contributed by atoms with van der Waals surface area (Å²) in [6.45, 7) is 5.01. The summed E-state index contributed by atoms with van der Waals surface area (Å²) in [6, 6.07) is 11.0. The van der Waals surface area contributed by atoms with Crippen molar-refractivity contribution in [1.82, 2.24) is 14.8 Å². The lowest BCUT2D eigenvalue weighted by molar-refractivity contribution is -0.147. The van der Waals surface area contributed by atoms with Crippen LogP contribution in [0.5, 0.6) is 5.75 Å². The third kappa shape index (κ3) is 6.85. The number of hydrogen-bond donors (Lipinski definition) is 0. The van der Waals surface area contributed by atoms with E-state index in [1.165, 1.54) is 7.11 Å².